The van der Waals surface area contributed by atoms with Crippen molar-refractivity contribution in [1.82, 2.24) is 5.32 Å². The number of primary amides is 1. The number of urea groups is 1. The molecule has 130 valence electrons. The number of hydrogen-bond acceptors (Lipinski definition) is 3. The number of benzene rings is 1. The van der Waals surface area contributed by atoms with Crippen molar-refractivity contribution in [2.24, 2.45) is 5.73 Å². The van der Waals surface area contributed by atoms with Crippen LogP contribution in [0.5, 0.6) is 0 Å². The van der Waals surface area contributed by atoms with Gasteiger partial charge in [0, 0.05) is 11.6 Å². The SMILES string of the molecule is NC(=O)NC(=O)[C@@H](c1ccccc1)[NH+]1CCN(c2cccc[nH+]2)CC1. The lowest BCUT2D eigenvalue weighted by Gasteiger charge is -2.33. The molecule has 0 spiro atoms. The summed E-state index contributed by atoms with van der Waals surface area (Å²) in [7, 11) is 0. The number of piperazine rings is 1. The summed E-state index contributed by atoms with van der Waals surface area (Å²) in [6.07, 6.45) is 1.90. The Balaban J connectivity index is 1.74. The van der Waals surface area contributed by atoms with Gasteiger partial charge in [-0.2, -0.15) is 0 Å². The number of nitrogens with zero attached hydrogens (tertiary/aromatic N) is 1. The lowest BCUT2D eigenvalue weighted by molar-refractivity contribution is -0.922. The first-order valence-electron chi connectivity index (χ1n) is 8.36. The van der Waals surface area contributed by atoms with Gasteiger partial charge in [-0.15, -0.1) is 0 Å². The van der Waals surface area contributed by atoms with Crippen molar-refractivity contribution in [3.05, 3.63) is 60.3 Å². The summed E-state index contributed by atoms with van der Waals surface area (Å²) in [5.74, 6) is 0.716. The molecule has 1 aromatic carbocycles. The molecule has 0 aliphatic carbocycles. The van der Waals surface area contributed by atoms with Crippen molar-refractivity contribution in [3.63, 3.8) is 0 Å². The Labute approximate surface area is 146 Å². The maximum Gasteiger partial charge on any atom is 0.319 e. The van der Waals surface area contributed by atoms with E-state index in [1.54, 1.807) is 0 Å². The predicted molar refractivity (Wildman–Crippen MR) is 92.8 cm³/mol. The van der Waals surface area contributed by atoms with E-state index >= 15 is 0 Å². The van der Waals surface area contributed by atoms with Gasteiger partial charge in [-0.1, -0.05) is 36.4 Å². The summed E-state index contributed by atoms with van der Waals surface area (Å²) in [5, 5.41) is 2.24. The van der Waals surface area contributed by atoms with Gasteiger partial charge in [0.25, 0.3) is 11.7 Å². The van der Waals surface area contributed by atoms with E-state index < -0.39 is 12.1 Å². The van der Waals surface area contributed by atoms with Crippen molar-refractivity contribution in [2.45, 2.75) is 6.04 Å². The van der Waals surface area contributed by atoms with E-state index in [1.165, 1.54) is 0 Å². The average Bonchev–Trinajstić information content (AvgIpc) is 2.63. The molecule has 2 aromatic rings. The molecule has 0 unspecified atom stereocenters. The van der Waals surface area contributed by atoms with Gasteiger partial charge >= 0.3 is 6.03 Å². The fourth-order valence-electron chi connectivity index (χ4n) is 3.32. The first-order valence-corrected chi connectivity index (χ1v) is 8.36. The zero-order valence-corrected chi connectivity index (χ0v) is 13.9. The third-order valence-corrected chi connectivity index (χ3v) is 4.49. The standard InChI is InChI=1S/C18H21N5O2/c19-18(25)21-17(24)16(14-6-2-1-3-7-14)23-12-10-22(11-13-23)15-8-4-5-9-20-15/h1-9,16H,10-13H2,(H3,19,21,24,25)/p+2/t16-/m1/s1. The molecule has 0 radical (unpaired) electrons. The number of anilines is 1. The Morgan fingerprint density at radius 2 is 1.76 bits per heavy atom. The number of aromatic nitrogens is 1. The first kappa shape index (κ1) is 16.9. The Hall–Kier alpha value is -2.93. The van der Waals surface area contributed by atoms with Gasteiger partial charge in [0.15, 0.2) is 6.04 Å². The molecule has 1 aromatic heterocycles. The molecule has 0 bridgehead atoms. The van der Waals surface area contributed by atoms with Crippen molar-refractivity contribution in [3.8, 4) is 0 Å². The number of hydrogen-bond donors (Lipinski definition) is 3. The highest BCUT2D eigenvalue weighted by molar-refractivity contribution is 5.96. The summed E-state index contributed by atoms with van der Waals surface area (Å²) in [5.41, 5.74) is 6.03. The fraction of sp³-hybridized carbons (Fsp3) is 0.278. The number of carbonyl (C=O) groups is 2. The number of H-pyrrole nitrogens is 1. The third-order valence-electron chi connectivity index (χ3n) is 4.49. The van der Waals surface area contributed by atoms with E-state index in [0.717, 1.165) is 42.5 Å². The monoisotopic (exact) mass is 341 g/mol. The molecule has 1 atom stereocenters. The maximum absolute atomic E-state index is 12.6. The van der Waals surface area contributed by atoms with Crippen LogP contribution in [0, 0.1) is 0 Å². The summed E-state index contributed by atoms with van der Waals surface area (Å²) in [6, 6.07) is 14.3. The van der Waals surface area contributed by atoms with Crippen molar-refractivity contribution >= 4 is 17.8 Å². The molecular formula is C18H23N5O2+2. The Morgan fingerprint density at radius 1 is 1.08 bits per heavy atom. The van der Waals surface area contributed by atoms with E-state index in [2.05, 4.69) is 15.2 Å². The Bertz CT molecular complexity index is 715. The third kappa shape index (κ3) is 4.13. The highest BCUT2D eigenvalue weighted by atomic mass is 16.2. The number of pyridine rings is 1. The topological polar surface area (TPSA) is 94.0 Å². The largest absolute Gasteiger partial charge is 0.351 e. The molecule has 2 heterocycles. The first-order chi connectivity index (χ1) is 12.1. The molecule has 7 heteroatoms. The van der Waals surface area contributed by atoms with Crippen LogP contribution < -0.4 is 25.8 Å². The molecular weight excluding hydrogens is 318 g/mol. The minimum absolute atomic E-state index is 0.353. The maximum atomic E-state index is 12.6. The van der Waals surface area contributed by atoms with Crippen LogP contribution in [0.25, 0.3) is 0 Å². The molecule has 3 amide bonds. The highest BCUT2D eigenvalue weighted by Gasteiger charge is 2.36. The second-order valence-electron chi connectivity index (χ2n) is 6.09. The molecule has 25 heavy (non-hydrogen) atoms. The number of nitrogens with two attached hydrogens (primary N) is 1. The van der Waals surface area contributed by atoms with Crippen LogP contribution in [0.2, 0.25) is 0 Å². The minimum atomic E-state index is -0.817. The highest BCUT2D eigenvalue weighted by Crippen LogP contribution is 2.11. The smallest absolute Gasteiger partial charge is 0.319 e. The van der Waals surface area contributed by atoms with Gasteiger partial charge in [0.2, 0.25) is 0 Å². The van der Waals surface area contributed by atoms with Gasteiger partial charge in [-0.05, 0) is 6.07 Å². The minimum Gasteiger partial charge on any atom is -0.351 e. The lowest BCUT2D eigenvalue weighted by Crippen LogP contribution is -3.16. The van der Waals surface area contributed by atoms with Gasteiger partial charge in [0.05, 0.1) is 6.20 Å². The summed E-state index contributed by atoms with van der Waals surface area (Å²) < 4.78 is 0. The second kappa shape index (κ2) is 7.76. The van der Waals surface area contributed by atoms with E-state index in [9.17, 15) is 9.59 Å². The van der Waals surface area contributed by atoms with Crippen LogP contribution in [-0.2, 0) is 4.79 Å². The van der Waals surface area contributed by atoms with Crippen molar-refractivity contribution < 1.29 is 19.5 Å². The molecule has 1 aliphatic heterocycles. The molecule has 0 saturated carbocycles. The van der Waals surface area contributed by atoms with Crippen LogP contribution in [0.15, 0.2) is 54.7 Å². The Kier molecular flexibility index (Phi) is 5.25. The molecule has 1 aliphatic rings. The van der Waals surface area contributed by atoms with Crippen LogP contribution in [0.1, 0.15) is 11.6 Å². The van der Waals surface area contributed by atoms with E-state index in [-0.39, 0.29) is 5.91 Å². The molecule has 1 saturated heterocycles. The van der Waals surface area contributed by atoms with Gasteiger partial charge in [-0.3, -0.25) is 15.0 Å². The molecule has 3 rings (SSSR count). The van der Waals surface area contributed by atoms with Crippen molar-refractivity contribution in [1.29, 1.82) is 0 Å². The number of imide groups is 1. The number of rotatable bonds is 4. The summed E-state index contributed by atoms with van der Waals surface area (Å²) in [6.45, 7) is 3.22. The molecule has 1 fully saturated rings. The van der Waals surface area contributed by atoms with E-state index in [0.29, 0.717) is 0 Å². The van der Waals surface area contributed by atoms with Crippen LogP contribution in [0.3, 0.4) is 0 Å². The second-order valence-corrected chi connectivity index (χ2v) is 6.09. The Morgan fingerprint density at radius 3 is 2.36 bits per heavy atom. The van der Waals surface area contributed by atoms with Gasteiger partial charge < -0.3 is 10.6 Å². The van der Waals surface area contributed by atoms with Crippen LogP contribution >= 0.6 is 0 Å². The van der Waals surface area contributed by atoms with E-state index in [1.807, 2.05) is 54.7 Å². The van der Waals surface area contributed by atoms with Crippen LogP contribution in [-0.4, -0.2) is 38.1 Å². The fourth-order valence-corrected chi connectivity index (χ4v) is 3.32. The molecule has 7 nitrogen and oxygen atoms in total. The number of nitrogens with one attached hydrogen (secondary N) is 3. The summed E-state index contributed by atoms with van der Waals surface area (Å²) >= 11 is 0. The van der Waals surface area contributed by atoms with Crippen molar-refractivity contribution in [2.75, 3.05) is 31.1 Å². The lowest BCUT2D eigenvalue weighted by atomic mass is 10.0. The average molecular weight is 341 g/mol. The zero-order chi connectivity index (χ0) is 17.6. The van der Waals surface area contributed by atoms with Gasteiger partial charge in [0.1, 0.15) is 26.2 Å². The zero-order valence-electron chi connectivity index (χ0n) is 13.9. The van der Waals surface area contributed by atoms with Crippen LogP contribution in [0.4, 0.5) is 10.6 Å². The summed E-state index contributed by atoms with van der Waals surface area (Å²) in [4.78, 5) is 30.3. The normalized spacial score (nSPS) is 16.2. The van der Waals surface area contributed by atoms with Gasteiger partial charge in [-0.25, -0.2) is 9.78 Å². The molecule has 5 N–H and O–H groups in total. The number of aromatic amines is 1. The quantitative estimate of drug-likeness (QED) is 0.676. The van der Waals surface area contributed by atoms with E-state index in [4.69, 9.17) is 5.73 Å². The number of carbonyl (C=O) groups excluding carboxylic acids is 2. The number of amides is 3. The predicted octanol–water partition coefficient (Wildman–Crippen LogP) is -0.858. The number of quaternary nitrogens is 1.